The van der Waals surface area contributed by atoms with Crippen LogP contribution in [0.25, 0.3) is 22.0 Å². The first-order valence-electron chi connectivity index (χ1n) is 25.7. The Labute approximate surface area is 494 Å². The summed E-state index contributed by atoms with van der Waals surface area (Å²) in [5, 5.41) is 8.12. The Morgan fingerprint density at radius 1 is 0.762 bits per heavy atom. The number of carbonyl (C=O) groups excluding carboxylic acids is 4. The van der Waals surface area contributed by atoms with E-state index in [0.29, 0.717) is 51.2 Å². The summed E-state index contributed by atoms with van der Waals surface area (Å²) in [6.07, 6.45) is 4.49. The predicted octanol–water partition coefficient (Wildman–Crippen LogP) is 9.80. The first kappa shape index (κ1) is 63.6. The number of hydrogen-bond acceptors (Lipinski definition) is 15. The number of pyridine rings is 1. The fourth-order valence-corrected chi connectivity index (χ4v) is 9.66. The first-order chi connectivity index (χ1) is 40.4. The number of benzene rings is 1. The lowest BCUT2D eigenvalue weighted by Gasteiger charge is -2.27. The van der Waals surface area contributed by atoms with Gasteiger partial charge in [-0.25, -0.2) is 19.5 Å². The average Bonchev–Trinajstić information content (AvgIpc) is 2.00. The van der Waals surface area contributed by atoms with Gasteiger partial charge in [-0.15, -0.1) is 0 Å². The number of fused-ring (bicyclic) bond motifs is 2. The van der Waals surface area contributed by atoms with Gasteiger partial charge in [0.1, 0.15) is 65.9 Å². The van der Waals surface area contributed by atoms with Gasteiger partial charge in [0.2, 0.25) is 11.8 Å². The van der Waals surface area contributed by atoms with Gasteiger partial charge < -0.3 is 24.6 Å². The molecule has 1 aromatic carbocycles. The molecule has 2 amide bonds. The molecular weight excluding hydrogens is 1150 g/mol. The molecule has 2 aliphatic rings. The van der Waals surface area contributed by atoms with Crippen molar-refractivity contribution in [3.63, 3.8) is 0 Å². The van der Waals surface area contributed by atoms with Crippen LogP contribution >= 0.6 is 23.8 Å². The number of rotatable bonds is 24. The minimum atomic E-state index is -4.37. The maximum absolute atomic E-state index is 14.3. The van der Waals surface area contributed by atoms with E-state index in [-0.39, 0.29) is 92.1 Å². The predicted molar refractivity (Wildman–Crippen MR) is 311 cm³/mol. The van der Waals surface area contributed by atoms with Gasteiger partial charge in [-0.05, 0) is 188 Å². The number of likely N-dealkylation sites (tertiary alicyclic amines) is 1. The zero-order valence-electron chi connectivity index (χ0n) is 46.9. The van der Waals surface area contributed by atoms with E-state index in [0.717, 1.165) is 12.0 Å². The standard InChI is InChI=1S/C64H54BrN8O10P/c1-9-11-13-15-17-19-21-23-25-27-47(3)79-35-37-81-84(78,82-38-36-80-48(4)28-26-24-22-20-18-16-14-12-10-2)83-46-53(75)31-34-59-66-42-52(43-67-59)50-29-32-55-54(39-50)61(49(5)74)70-72(55)45-60(76)73-56(40-64(6)41-57(64)73)63(77)69-62-51(44-71(7)8)30-33-58(65)68-62/h29-30,32-33,39,42-43,56-57H,1-2,31,34-38,40-41,44-46H2,3-8H3,(H,68,69,77)/t56-,57+,64-/m0/s1. The quantitative estimate of drug-likeness (QED) is 0.0173. The summed E-state index contributed by atoms with van der Waals surface area (Å²) in [4.78, 5) is 71.5. The number of Topliss-reactive ketones (excluding diaryl/α,β-unsaturated/α-hetero) is 2. The molecule has 4 aromatic rings. The zero-order chi connectivity index (χ0) is 60.5. The number of amides is 2. The van der Waals surface area contributed by atoms with Crippen LogP contribution in [0.5, 0.6) is 0 Å². The van der Waals surface area contributed by atoms with Crippen LogP contribution in [0.4, 0.5) is 5.82 Å². The molecule has 422 valence electrons. The third-order valence-electron chi connectivity index (χ3n) is 12.1. The number of nitrogens with one attached hydrogen (secondary N) is 1. The Hall–Kier alpha value is -9.57. The van der Waals surface area contributed by atoms with Crippen molar-refractivity contribution in [1.29, 1.82) is 0 Å². The summed E-state index contributed by atoms with van der Waals surface area (Å²) < 4.78 is 43.4. The Morgan fingerprint density at radius 2 is 1.33 bits per heavy atom. The van der Waals surface area contributed by atoms with Gasteiger partial charge in [-0.3, -0.25) is 37.4 Å². The summed E-state index contributed by atoms with van der Waals surface area (Å²) in [7, 11) is -0.519. The molecule has 20 heteroatoms. The molecule has 3 aromatic heterocycles. The number of aryl methyl sites for hydroxylation is 1. The number of ketones is 2. The van der Waals surface area contributed by atoms with E-state index in [2.05, 4.69) is 176 Å². The fraction of sp³-hybridized carbons (Fsp3) is 0.312. The topological polar surface area (TPSA) is 206 Å². The monoisotopic (exact) mass is 1200 g/mol. The van der Waals surface area contributed by atoms with Crippen LogP contribution in [0, 0.1) is 5.41 Å². The summed E-state index contributed by atoms with van der Waals surface area (Å²) >= 11 is 3.41. The number of halogens is 1. The molecular formula is C64H54BrN8O10P. The van der Waals surface area contributed by atoms with Crippen molar-refractivity contribution in [2.24, 2.45) is 5.41 Å². The Kier molecular flexibility index (Phi) is 23.9. The van der Waals surface area contributed by atoms with E-state index >= 15 is 0 Å². The normalized spacial score (nSPS) is 15.2. The van der Waals surface area contributed by atoms with Gasteiger partial charge >= 0.3 is 7.82 Å². The van der Waals surface area contributed by atoms with Gasteiger partial charge in [0.05, 0.1) is 18.7 Å². The van der Waals surface area contributed by atoms with Crippen LogP contribution in [0.2, 0.25) is 0 Å². The number of hydrogen-bond donors (Lipinski definition) is 1. The second-order valence-electron chi connectivity index (χ2n) is 18.8. The summed E-state index contributed by atoms with van der Waals surface area (Å²) in [6.45, 7) is 12.3. The third kappa shape index (κ3) is 19.6. The molecule has 84 heavy (non-hydrogen) atoms. The first-order valence-corrected chi connectivity index (χ1v) is 28.0. The molecule has 0 bridgehead atoms. The Morgan fingerprint density at radius 3 is 1.89 bits per heavy atom. The molecule has 2 fully saturated rings. The number of piperidine rings is 1. The van der Waals surface area contributed by atoms with Gasteiger partial charge in [-0.2, -0.15) is 5.10 Å². The SMILES string of the molecule is C=C=C=C=C=C=C=C=C=C=C=C(C)OCCOP(=O)(OCCOC(C)=C=C=C=C=C=C=C=C=C=C=C)OCC(=O)CCc1ncc(-c2ccc3c(c2)c(C(C)=O)nn3CC(=O)N2[C@H](C(=O)Nc3nc(Br)ccc3CN(C)C)C[C@@]3(C)C[C@@H]23)cn1. The zero-order valence-corrected chi connectivity index (χ0v) is 49.4. The Bertz CT molecular complexity index is 4040. The maximum atomic E-state index is 14.3. The average molecular weight is 1210 g/mol. The van der Waals surface area contributed by atoms with Crippen LogP contribution in [0.1, 0.15) is 68.8 Å². The highest BCUT2D eigenvalue weighted by Crippen LogP contribution is 2.59. The van der Waals surface area contributed by atoms with E-state index in [4.69, 9.17) is 23.0 Å². The van der Waals surface area contributed by atoms with E-state index < -0.39 is 26.3 Å². The van der Waals surface area contributed by atoms with Gasteiger partial charge in [0.25, 0.3) is 0 Å². The second kappa shape index (κ2) is 31.6. The number of phosphoric acid groups is 1. The summed E-state index contributed by atoms with van der Waals surface area (Å²) in [5.41, 5.74) is 53.0. The summed E-state index contributed by atoms with van der Waals surface area (Å²) in [5.74, 6) is -0.0293. The molecule has 0 spiro atoms. The number of carbonyl (C=O) groups is 4. The van der Waals surface area contributed by atoms with Crippen molar-refractivity contribution in [2.45, 2.75) is 78.6 Å². The van der Waals surface area contributed by atoms with E-state index in [1.165, 1.54) is 11.6 Å². The number of aromatic nitrogens is 5. The molecule has 6 rings (SSSR count). The highest BCUT2D eigenvalue weighted by molar-refractivity contribution is 9.10. The molecule has 3 atom stereocenters. The molecule has 1 saturated carbocycles. The van der Waals surface area contributed by atoms with Crippen molar-refractivity contribution < 1.29 is 46.8 Å². The van der Waals surface area contributed by atoms with Crippen molar-refractivity contribution in [3.8, 4) is 11.1 Å². The van der Waals surface area contributed by atoms with Crippen molar-refractivity contribution in [1.82, 2.24) is 34.5 Å². The molecule has 1 aliphatic heterocycles. The fourth-order valence-electron chi connectivity index (χ4n) is 8.23. The van der Waals surface area contributed by atoms with Gasteiger partial charge in [0.15, 0.2) is 11.6 Å². The lowest BCUT2D eigenvalue weighted by molar-refractivity contribution is -0.138. The number of allylic oxidation sites excluding steroid dienone is 2. The minimum Gasteiger partial charge on any atom is -0.487 e. The molecule has 4 heterocycles. The smallest absolute Gasteiger partial charge is 0.475 e. The van der Waals surface area contributed by atoms with Gasteiger partial charge in [0, 0.05) is 75.1 Å². The van der Waals surface area contributed by atoms with E-state index in [1.807, 2.05) is 37.2 Å². The largest absolute Gasteiger partial charge is 0.487 e. The number of ether oxygens (including phenoxy) is 2. The highest BCUT2D eigenvalue weighted by atomic mass is 79.9. The molecule has 1 N–H and O–H groups in total. The van der Waals surface area contributed by atoms with E-state index in [9.17, 15) is 23.7 Å². The number of anilines is 1. The lowest BCUT2D eigenvalue weighted by atomic mass is 10.0. The number of phosphoric ester groups is 1. The lowest BCUT2D eigenvalue weighted by Crippen LogP contribution is -2.47. The van der Waals surface area contributed by atoms with Crippen LogP contribution < -0.4 is 5.32 Å². The molecule has 0 unspecified atom stereocenters. The maximum Gasteiger partial charge on any atom is 0.475 e. The number of nitrogens with zero attached hydrogens (tertiary/aromatic N) is 7. The van der Waals surface area contributed by atoms with Crippen LogP contribution in [-0.2, 0) is 61.5 Å². The molecule has 0 radical (unpaired) electrons. The second-order valence-corrected chi connectivity index (χ2v) is 21.3. The van der Waals surface area contributed by atoms with Gasteiger partial charge in [-0.1, -0.05) is 30.5 Å². The highest BCUT2D eigenvalue weighted by Gasteiger charge is 2.64. The van der Waals surface area contributed by atoms with Crippen LogP contribution in [0.15, 0.2) is 187 Å². The van der Waals surface area contributed by atoms with Crippen molar-refractivity contribution >= 4 is 63.9 Å². The van der Waals surface area contributed by atoms with Crippen LogP contribution in [-0.4, -0.2) is 117 Å². The molecule has 18 nitrogen and oxygen atoms in total. The molecule has 1 saturated heterocycles. The molecule has 1 aliphatic carbocycles. The summed E-state index contributed by atoms with van der Waals surface area (Å²) in [6, 6.07) is 8.24. The van der Waals surface area contributed by atoms with Crippen molar-refractivity contribution in [3.05, 3.63) is 204 Å². The van der Waals surface area contributed by atoms with Crippen LogP contribution in [0.3, 0.4) is 0 Å². The van der Waals surface area contributed by atoms with E-state index in [1.54, 1.807) is 43.3 Å². The Balaban J connectivity index is 1.08. The third-order valence-corrected chi connectivity index (χ3v) is 14.0. The minimum absolute atomic E-state index is 0.0833. The van der Waals surface area contributed by atoms with Crippen molar-refractivity contribution in [2.75, 3.05) is 52.4 Å².